The van der Waals surface area contributed by atoms with Crippen molar-refractivity contribution in [3.8, 4) is 22.3 Å². The maximum atomic E-state index is 2.63. The van der Waals surface area contributed by atoms with Crippen molar-refractivity contribution in [2.45, 2.75) is 105 Å². The van der Waals surface area contributed by atoms with E-state index in [1.54, 1.807) is 0 Å². The zero-order valence-electron chi connectivity index (χ0n) is 46.3. The normalized spacial score (nSPS) is 13.7. The van der Waals surface area contributed by atoms with Crippen molar-refractivity contribution in [2.24, 2.45) is 0 Å². The molecule has 374 valence electrons. The number of hydrogen-bond donors (Lipinski definition) is 0. The summed E-state index contributed by atoms with van der Waals surface area (Å²) in [6.45, 7) is 27.9. The molecule has 0 atom stereocenters. The van der Waals surface area contributed by atoms with Crippen molar-refractivity contribution in [1.29, 1.82) is 0 Å². The Morgan fingerprint density at radius 1 is 0.342 bits per heavy atom. The zero-order valence-corrected chi connectivity index (χ0v) is 47.1. The van der Waals surface area contributed by atoms with E-state index in [9.17, 15) is 0 Å². The van der Waals surface area contributed by atoms with Crippen LogP contribution in [0.4, 0.5) is 34.1 Å². The van der Waals surface area contributed by atoms with Gasteiger partial charge in [-0.2, -0.15) is 0 Å². The van der Waals surface area contributed by atoms with Crippen LogP contribution in [0.25, 0.3) is 64.7 Å². The summed E-state index contributed by atoms with van der Waals surface area (Å²) in [6.07, 6.45) is 0. The number of fused-ring (bicyclic) bond motifs is 12. The summed E-state index contributed by atoms with van der Waals surface area (Å²) in [5, 5.41) is 9.02. The largest absolute Gasteiger partial charge is 0.311 e. The van der Waals surface area contributed by atoms with Gasteiger partial charge in [-0.1, -0.05) is 210 Å². The van der Waals surface area contributed by atoms with Gasteiger partial charge in [0, 0.05) is 43.2 Å². The molecule has 11 aromatic rings. The first-order chi connectivity index (χ1) is 36.2. The Hall–Kier alpha value is -7.40. The van der Waals surface area contributed by atoms with Crippen LogP contribution < -0.4 is 25.5 Å². The highest BCUT2D eigenvalue weighted by Crippen LogP contribution is 2.51. The number of anilines is 6. The minimum atomic E-state index is -0.0756. The molecule has 2 nitrogen and oxygen atoms in total. The smallest absolute Gasteiger partial charge is 0.264 e. The summed E-state index contributed by atoms with van der Waals surface area (Å²) in [5.41, 5.74) is 20.2. The second-order valence-electron chi connectivity index (χ2n) is 25.8. The van der Waals surface area contributed by atoms with Gasteiger partial charge in [0.25, 0.3) is 6.71 Å². The molecule has 1 aromatic heterocycles. The van der Waals surface area contributed by atoms with Gasteiger partial charge < -0.3 is 9.80 Å². The molecule has 0 aliphatic carbocycles. The molecular formula is C72H67BN2S. The minimum absolute atomic E-state index is 0.0114. The predicted octanol–water partition coefficient (Wildman–Crippen LogP) is 19.0. The number of hydrogen-bond acceptors (Lipinski definition) is 3. The van der Waals surface area contributed by atoms with Gasteiger partial charge in [-0.25, -0.2) is 0 Å². The van der Waals surface area contributed by atoms with Crippen molar-refractivity contribution >= 4 is 110 Å². The molecule has 0 spiro atoms. The summed E-state index contributed by atoms with van der Waals surface area (Å²) in [6, 6.07) is 72.8. The van der Waals surface area contributed by atoms with E-state index in [1.165, 1.54) is 137 Å². The Labute approximate surface area is 454 Å². The van der Waals surface area contributed by atoms with E-state index in [4.69, 9.17) is 0 Å². The van der Waals surface area contributed by atoms with E-state index in [0.29, 0.717) is 0 Å². The first kappa shape index (κ1) is 48.3. The molecule has 76 heavy (non-hydrogen) atoms. The molecule has 2 aliphatic heterocycles. The Balaban J connectivity index is 1.12. The second kappa shape index (κ2) is 17.1. The number of nitrogens with zero attached hydrogens (tertiary/aromatic N) is 2. The van der Waals surface area contributed by atoms with Gasteiger partial charge in [0.05, 0.1) is 11.4 Å². The third-order valence-corrected chi connectivity index (χ3v) is 17.9. The standard InChI is InChI=1S/C72H67BN2S/c1-69(2,3)47-29-33-51(34-30-47)74-63-25-18-26-64-66(63)73(68-67(74)59-43-50(72(10,11)12)32-38-65(59)76-68)60-41-45(44-19-17-20-48(39-44)70(4,5)6)28-36-62(60)75(64)61-37-31-49(71(7,8)9)42-57(61)46-27-35-56-54-23-14-13-21-52(54)53-22-15-16-24-55(53)58(56)40-46/h13-43H,1-12H3. The van der Waals surface area contributed by atoms with Crippen molar-refractivity contribution in [1.82, 2.24) is 0 Å². The van der Waals surface area contributed by atoms with Crippen LogP contribution in [0, 0.1) is 0 Å². The Bertz CT molecular complexity index is 4130. The summed E-state index contributed by atoms with van der Waals surface area (Å²) in [7, 11) is 0. The third-order valence-electron chi connectivity index (χ3n) is 16.7. The number of rotatable bonds is 4. The minimum Gasteiger partial charge on any atom is -0.311 e. The van der Waals surface area contributed by atoms with Gasteiger partial charge in [-0.05, 0) is 165 Å². The third kappa shape index (κ3) is 7.73. The summed E-state index contributed by atoms with van der Waals surface area (Å²) in [4.78, 5) is 5.24. The quantitative estimate of drug-likeness (QED) is 0.128. The molecule has 0 radical (unpaired) electrons. The Morgan fingerprint density at radius 3 is 1.50 bits per heavy atom. The van der Waals surface area contributed by atoms with E-state index in [1.807, 2.05) is 11.3 Å². The molecule has 0 unspecified atom stereocenters. The average Bonchev–Trinajstić information content (AvgIpc) is 3.87. The van der Waals surface area contributed by atoms with Gasteiger partial charge in [0.15, 0.2) is 0 Å². The van der Waals surface area contributed by atoms with E-state index in [0.717, 1.165) is 0 Å². The molecule has 4 heteroatoms. The first-order valence-electron chi connectivity index (χ1n) is 27.4. The molecule has 0 saturated heterocycles. The van der Waals surface area contributed by atoms with Crippen molar-refractivity contribution in [2.75, 3.05) is 9.80 Å². The van der Waals surface area contributed by atoms with E-state index in [2.05, 4.69) is 281 Å². The fraction of sp³-hybridized carbons (Fsp3) is 0.222. The lowest BCUT2D eigenvalue weighted by Gasteiger charge is -2.43. The highest BCUT2D eigenvalue weighted by Gasteiger charge is 2.46. The lowest BCUT2D eigenvalue weighted by atomic mass is 9.36. The average molecular weight is 1000 g/mol. The van der Waals surface area contributed by atoms with Crippen molar-refractivity contribution < 1.29 is 0 Å². The molecule has 0 fully saturated rings. The number of benzene rings is 10. The summed E-state index contributed by atoms with van der Waals surface area (Å²) >= 11 is 1.98. The van der Waals surface area contributed by atoms with Crippen molar-refractivity contribution in [3.05, 3.63) is 210 Å². The number of thiophene rings is 1. The highest BCUT2D eigenvalue weighted by atomic mass is 32.1. The van der Waals surface area contributed by atoms with Crippen LogP contribution in [-0.4, -0.2) is 6.71 Å². The second-order valence-corrected chi connectivity index (χ2v) is 26.9. The lowest BCUT2D eigenvalue weighted by molar-refractivity contribution is 0.590. The van der Waals surface area contributed by atoms with Crippen LogP contribution in [0.15, 0.2) is 188 Å². The van der Waals surface area contributed by atoms with Gasteiger partial charge in [-0.3, -0.25) is 0 Å². The monoisotopic (exact) mass is 1000 g/mol. The van der Waals surface area contributed by atoms with Crippen LogP contribution in [-0.2, 0) is 21.7 Å². The van der Waals surface area contributed by atoms with E-state index < -0.39 is 0 Å². The van der Waals surface area contributed by atoms with Crippen molar-refractivity contribution in [3.63, 3.8) is 0 Å². The van der Waals surface area contributed by atoms with E-state index in [-0.39, 0.29) is 28.4 Å². The molecule has 0 amide bonds. The van der Waals surface area contributed by atoms with Crippen LogP contribution in [0.1, 0.15) is 105 Å². The molecule has 0 saturated carbocycles. The zero-order chi connectivity index (χ0) is 52.8. The first-order valence-corrected chi connectivity index (χ1v) is 28.2. The van der Waals surface area contributed by atoms with Crippen LogP contribution in [0.2, 0.25) is 0 Å². The fourth-order valence-corrected chi connectivity index (χ4v) is 13.7. The van der Waals surface area contributed by atoms with Crippen LogP contribution in [0.3, 0.4) is 0 Å². The van der Waals surface area contributed by atoms with Crippen LogP contribution in [0.5, 0.6) is 0 Å². The predicted molar refractivity (Wildman–Crippen MR) is 334 cm³/mol. The Morgan fingerprint density at radius 2 is 0.855 bits per heavy atom. The summed E-state index contributed by atoms with van der Waals surface area (Å²) < 4.78 is 2.71. The van der Waals surface area contributed by atoms with E-state index >= 15 is 0 Å². The molecule has 2 aliphatic rings. The Kier molecular flexibility index (Phi) is 10.8. The van der Waals surface area contributed by atoms with Gasteiger partial charge in [0.2, 0.25) is 0 Å². The highest BCUT2D eigenvalue weighted by molar-refractivity contribution is 7.33. The molecule has 3 heterocycles. The maximum Gasteiger partial charge on any atom is 0.264 e. The van der Waals surface area contributed by atoms with Crippen LogP contribution >= 0.6 is 11.3 Å². The topological polar surface area (TPSA) is 6.48 Å². The maximum absolute atomic E-state index is 2.63. The summed E-state index contributed by atoms with van der Waals surface area (Å²) in [5.74, 6) is 0. The lowest BCUT2D eigenvalue weighted by Crippen LogP contribution is -2.60. The molecule has 0 N–H and O–H groups in total. The molecular weight excluding hydrogens is 936 g/mol. The fourth-order valence-electron chi connectivity index (χ4n) is 12.4. The van der Waals surface area contributed by atoms with Gasteiger partial charge >= 0.3 is 0 Å². The SMILES string of the molecule is CC(C)(C)c1ccc(N2c3cccc4c3B(c3cc(-c5cccc(C(C)(C)C)c5)ccc3N4c3ccc(C(C)(C)C)cc3-c3ccc4c5ccccc5c5ccccc5c4c3)c3sc4ccc(C(C)(C)C)cc4c32)cc1. The van der Waals surface area contributed by atoms with Gasteiger partial charge in [-0.15, -0.1) is 11.3 Å². The molecule has 13 rings (SSSR count). The molecule has 10 aromatic carbocycles. The molecule has 0 bridgehead atoms. The van der Waals surface area contributed by atoms with Gasteiger partial charge in [0.1, 0.15) is 0 Å².